The number of aliphatic hydroxyl groups excluding tert-OH is 1. The maximum atomic E-state index is 13.0. The summed E-state index contributed by atoms with van der Waals surface area (Å²) in [5.41, 5.74) is 0.908. The molecule has 2 aromatic rings. The van der Waals surface area contributed by atoms with E-state index < -0.39 is 15.9 Å². The Labute approximate surface area is 186 Å². The number of aliphatic hydroxyl groups is 1. The molecule has 0 spiro atoms. The molecule has 28 heavy (non-hydrogen) atoms. The second kappa shape index (κ2) is 11.7. The van der Waals surface area contributed by atoms with E-state index in [1.807, 2.05) is 18.9 Å². The van der Waals surface area contributed by atoms with E-state index in [9.17, 15) is 17.9 Å². The maximum Gasteiger partial charge on any atom is 0.194 e. The fraction of sp³-hybridized carbons (Fsp3) is 0.389. The molecule has 0 aliphatic rings. The van der Waals surface area contributed by atoms with Crippen LogP contribution >= 0.6 is 35.3 Å². The van der Waals surface area contributed by atoms with Gasteiger partial charge in [0, 0.05) is 20.1 Å². The molecular formula is C18H25FIN3O3S2. The van der Waals surface area contributed by atoms with Gasteiger partial charge < -0.3 is 15.3 Å². The van der Waals surface area contributed by atoms with Crippen molar-refractivity contribution in [2.45, 2.75) is 23.8 Å². The Morgan fingerprint density at radius 1 is 1.32 bits per heavy atom. The molecule has 0 bridgehead atoms. The van der Waals surface area contributed by atoms with Gasteiger partial charge in [-0.15, -0.1) is 35.3 Å². The van der Waals surface area contributed by atoms with Gasteiger partial charge >= 0.3 is 0 Å². The Balaban J connectivity index is 0.00000392. The quantitative estimate of drug-likeness (QED) is 0.305. The van der Waals surface area contributed by atoms with E-state index >= 15 is 0 Å². The first kappa shape index (κ1) is 24.8. The minimum atomic E-state index is -3.52. The van der Waals surface area contributed by atoms with Crippen molar-refractivity contribution in [2.75, 3.05) is 25.9 Å². The molecule has 1 atom stereocenters. The summed E-state index contributed by atoms with van der Waals surface area (Å²) in [6.45, 7) is 2.99. The normalized spacial score (nSPS) is 12.9. The zero-order valence-corrected chi connectivity index (χ0v) is 19.7. The number of hydrogen-bond donors (Lipinski definition) is 2. The number of thiophene rings is 1. The van der Waals surface area contributed by atoms with Crippen molar-refractivity contribution in [3.8, 4) is 0 Å². The van der Waals surface area contributed by atoms with Gasteiger partial charge in [0.15, 0.2) is 15.8 Å². The first-order valence-corrected chi connectivity index (χ1v) is 11.0. The molecule has 1 aromatic carbocycles. The van der Waals surface area contributed by atoms with Crippen molar-refractivity contribution >= 4 is 51.1 Å². The Morgan fingerprint density at radius 3 is 2.57 bits per heavy atom. The first-order chi connectivity index (χ1) is 12.8. The SMILES string of the molecule is CCNC(=NCC(O)CS(=O)(=O)c1cccs1)N(C)Cc1ccc(F)cc1.I. The van der Waals surface area contributed by atoms with Crippen molar-refractivity contribution in [2.24, 2.45) is 4.99 Å². The van der Waals surface area contributed by atoms with Gasteiger partial charge in [-0.05, 0) is 36.1 Å². The van der Waals surface area contributed by atoms with Gasteiger partial charge in [-0.25, -0.2) is 12.8 Å². The standard InChI is InChI=1S/C18H24FN3O3S2.HI/c1-3-20-18(22(2)12-14-6-8-15(19)9-7-14)21-11-16(23)13-27(24,25)17-5-4-10-26-17;/h4-10,16,23H,3,11-13H2,1-2H3,(H,20,21);1H. The van der Waals surface area contributed by atoms with E-state index in [4.69, 9.17) is 0 Å². The average Bonchev–Trinajstić information content (AvgIpc) is 3.16. The highest BCUT2D eigenvalue weighted by atomic mass is 127. The summed E-state index contributed by atoms with van der Waals surface area (Å²) in [6.07, 6.45) is -1.11. The van der Waals surface area contributed by atoms with Gasteiger partial charge in [-0.2, -0.15) is 0 Å². The molecule has 6 nitrogen and oxygen atoms in total. The third-order valence-corrected chi connectivity index (χ3v) is 6.98. The van der Waals surface area contributed by atoms with Crippen molar-refractivity contribution in [3.05, 3.63) is 53.2 Å². The number of hydrogen-bond acceptors (Lipinski definition) is 5. The summed E-state index contributed by atoms with van der Waals surface area (Å²) in [5, 5.41) is 14.9. The monoisotopic (exact) mass is 541 g/mol. The van der Waals surface area contributed by atoms with Gasteiger partial charge in [0.1, 0.15) is 10.0 Å². The number of nitrogens with one attached hydrogen (secondary N) is 1. The first-order valence-electron chi connectivity index (χ1n) is 8.50. The number of sulfone groups is 1. The lowest BCUT2D eigenvalue weighted by molar-refractivity contribution is 0.205. The highest BCUT2D eigenvalue weighted by molar-refractivity contribution is 14.0. The summed E-state index contributed by atoms with van der Waals surface area (Å²) < 4.78 is 37.7. The second-order valence-corrected chi connectivity index (χ2v) is 9.25. The lowest BCUT2D eigenvalue weighted by Gasteiger charge is -2.22. The number of nitrogens with zero attached hydrogens (tertiary/aromatic N) is 2. The molecule has 10 heteroatoms. The van der Waals surface area contributed by atoms with E-state index in [1.54, 1.807) is 23.6 Å². The summed E-state index contributed by atoms with van der Waals surface area (Å²) in [4.78, 5) is 6.17. The minimum absolute atomic E-state index is 0. The lowest BCUT2D eigenvalue weighted by Crippen LogP contribution is -2.39. The van der Waals surface area contributed by atoms with Crippen LogP contribution in [0.4, 0.5) is 4.39 Å². The van der Waals surface area contributed by atoms with Gasteiger partial charge in [0.05, 0.1) is 18.4 Å². The molecule has 0 radical (unpaired) electrons. The highest BCUT2D eigenvalue weighted by Gasteiger charge is 2.21. The molecule has 1 unspecified atom stereocenters. The van der Waals surface area contributed by atoms with Crippen molar-refractivity contribution < 1.29 is 17.9 Å². The Hall–Kier alpha value is -1.24. The topological polar surface area (TPSA) is 82.0 Å². The molecule has 2 N–H and O–H groups in total. The lowest BCUT2D eigenvalue weighted by atomic mass is 10.2. The molecule has 2 rings (SSSR count). The Morgan fingerprint density at radius 2 is 2.00 bits per heavy atom. The zero-order valence-electron chi connectivity index (χ0n) is 15.7. The minimum Gasteiger partial charge on any atom is -0.390 e. The van der Waals surface area contributed by atoms with Crippen LogP contribution in [0.3, 0.4) is 0 Å². The maximum absolute atomic E-state index is 13.0. The van der Waals surface area contributed by atoms with Crippen molar-refractivity contribution in [1.82, 2.24) is 10.2 Å². The molecule has 1 aromatic heterocycles. The third kappa shape index (κ3) is 7.64. The van der Waals surface area contributed by atoms with Crippen LogP contribution in [-0.4, -0.2) is 56.4 Å². The Kier molecular flexibility index (Phi) is 10.4. The number of benzene rings is 1. The Bertz CT molecular complexity index is 843. The van der Waals surface area contributed by atoms with Gasteiger partial charge in [0.25, 0.3) is 0 Å². The van der Waals surface area contributed by atoms with Crippen LogP contribution in [0.2, 0.25) is 0 Å². The largest absolute Gasteiger partial charge is 0.390 e. The fourth-order valence-corrected chi connectivity index (χ4v) is 4.90. The van der Waals surface area contributed by atoms with Crippen LogP contribution in [0.15, 0.2) is 51.0 Å². The molecule has 0 amide bonds. The molecule has 0 saturated heterocycles. The highest BCUT2D eigenvalue weighted by Crippen LogP contribution is 2.18. The zero-order chi connectivity index (χ0) is 19.9. The number of aliphatic imine (C=N–C) groups is 1. The van der Waals surface area contributed by atoms with Gasteiger partial charge in [-0.1, -0.05) is 18.2 Å². The van der Waals surface area contributed by atoms with E-state index in [2.05, 4.69) is 10.3 Å². The van der Waals surface area contributed by atoms with Crippen LogP contribution in [0.5, 0.6) is 0 Å². The molecule has 156 valence electrons. The third-order valence-electron chi connectivity index (χ3n) is 3.69. The fourth-order valence-electron chi connectivity index (χ4n) is 2.43. The summed E-state index contributed by atoms with van der Waals surface area (Å²) >= 11 is 1.13. The molecule has 1 heterocycles. The number of rotatable bonds is 8. The number of halogens is 2. The smallest absolute Gasteiger partial charge is 0.194 e. The van der Waals surface area contributed by atoms with E-state index in [0.717, 1.165) is 16.9 Å². The molecular weight excluding hydrogens is 516 g/mol. The molecule has 0 aliphatic carbocycles. The van der Waals surface area contributed by atoms with Crippen LogP contribution in [0.1, 0.15) is 12.5 Å². The average molecular weight is 541 g/mol. The van der Waals surface area contributed by atoms with E-state index in [1.165, 1.54) is 18.2 Å². The van der Waals surface area contributed by atoms with Crippen LogP contribution in [0, 0.1) is 5.82 Å². The summed E-state index contributed by atoms with van der Waals surface area (Å²) in [7, 11) is -1.70. The van der Waals surface area contributed by atoms with E-state index in [-0.39, 0.29) is 46.3 Å². The second-order valence-electron chi connectivity index (χ2n) is 6.04. The molecule has 0 aliphatic heterocycles. The molecule has 0 fully saturated rings. The summed E-state index contributed by atoms with van der Waals surface area (Å²) in [6, 6.07) is 9.36. The van der Waals surface area contributed by atoms with Crippen LogP contribution < -0.4 is 5.32 Å². The van der Waals surface area contributed by atoms with E-state index in [0.29, 0.717) is 19.0 Å². The molecule has 0 saturated carbocycles. The van der Waals surface area contributed by atoms with Gasteiger partial charge in [0.2, 0.25) is 0 Å². The van der Waals surface area contributed by atoms with Crippen LogP contribution in [-0.2, 0) is 16.4 Å². The van der Waals surface area contributed by atoms with Crippen LogP contribution in [0.25, 0.3) is 0 Å². The van der Waals surface area contributed by atoms with Gasteiger partial charge in [-0.3, -0.25) is 4.99 Å². The van der Waals surface area contributed by atoms with Crippen molar-refractivity contribution in [1.29, 1.82) is 0 Å². The predicted molar refractivity (Wildman–Crippen MR) is 122 cm³/mol. The summed E-state index contributed by atoms with van der Waals surface area (Å²) in [5.74, 6) is -0.135. The predicted octanol–water partition coefficient (Wildman–Crippen LogP) is 2.74. The van der Waals surface area contributed by atoms with Crippen molar-refractivity contribution in [3.63, 3.8) is 0 Å². The number of guanidine groups is 1.